The quantitative estimate of drug-likeness (QED) is 0.189. The van der Waals surface area contributed by atoms with Crippen LogP contribution in [0.4, 0.5) is 22.7 Å². The lowest BCUT2D eigenvalue weighted by molar-refractivity contribution is 0.611. The molecular formula is C42H36N2. The topological polar surface area (TPSA) is 6.48 Å². The Bertz CT molecular complexity index is 1920. The van der Waals surface area contributed by atoms with E-state index in [1.807, 2.05) is 0 Å². The van der Waals surface area contributed by atoms with Gasteiger partial charge in [-0.3, -0.25) is 0 Å². The first-order valence-corrected chi connectivity index (χ1v) is 15.4. The summed E-state index contributed by atoms with van der Waals surface area (Å²) in [5, 5.41) is 2.52. The molecule has 0 radical (unpaired) electrons. The van der Waals surface area contributed by atoms with E-state index in [2.05, 4.69) is 194 Å². The number of benzene rings is 6. The van der Waals surface area contributed by atoms with Gasteiger partial charge >= 0.3 is 0 Å². The fourth-order valence-corrected chi connectivity index (χ4v) is 6.37. The third-order valence-electron chi connectivity index (χ3n) is 8.76. The van der Waals surface area contributed by atoms with Gasteiger partial charge in [-0.25, -0.2) is 0 Å². The summed E-state index contributed by atoms with van der Waals surface area (Å²) in [6, 6.07) is 54.5. The van der Waals surface area contributed by atoms with Crippen molar-refractivity contribution in [1.29, 1.82) is 0 Å². The van der Waals surface area contributed by atoms with Gasteiger partial charge in [-0.1, -0.05) is 134 Å². The van der Waals surface area contributed by atoms with Crippen LogP contribution in [-0.4, -0.2) is 13.1 Å². The zero-order valence-electron chi connectivity index (χ0n) is 25.2. The van der Waals surface area contributed by atoms with E-state index >= 15 is 0 Å². The number of anilines is 4. The Hall–Kier alpha value is -5.34. The van der Waals surface area contributed by atoms with Crippen molar-refractivity contribution in [3.8, 4) is 11.1 Å². The molecule has 2 unspecified atom stereocenters. The smallest absolute Gasteiger partial charge is 0.0585 e. The maximum absolute atomic E-state index is 2.46. The number of hydrogen-bond acceptors (Lipinski definition) is 2. The molecule has 6 aromatic rings. The van der Waals surface area contributed by atoms with Crippen molar-refractivity contribution >= 4 is 39.1 Å². The lowest BCUT2D eigenvalue weighted by Crippen LogP contribution is -2.35. The first-order valence-electron chi connectivity index (χ1n) is 15.4. The van der Waals surface area contributed by atoms with Gasteiger partial charge in [-0.15, -0.1) is 0 Å². The molecule has 44 heavy (non-hydrogen) atoms. The van der Waals surface area contributed by atoms with Crippen molar-refractivity contribution in [2.24, 2.45) is 5.92 Å². The number of fused-ring (bicyclic) bond motifs is 1. The summed E-state index contributed by atoms with van der Waals surface area (Å²) in [5.74, 6) is 0.307. The number of nitrogens with zero attached hydrogens (tertiary/aromatic N) is 2. The summed E-state index contributed by atoms with van der Waals surface area (Å²) in [6.07, 6.45) is 7.08. The van der Waals surface area contributed by atoms with Crippen LogP contribution in [0.25, 0.3) is 27.5 Å². The normalized spacial score (nSPS) is 16.0. The van der Waals surface area contributed by atoms with Gasteiger partial charge in [0, 0.05) is 35.2 Å². The zero-order chi connectivity index (χ0) is 29.9. The minimum absolute atomic E-state index is 0.195. The van der Waals surface area contributed by atoms with E-state index in [-0.39, 0.29) is 6.04 Å². The molecule has 0 fully saturated rings. The Kier molecular flexibility index (Phi) is 7.56. The summed E-state index contributed by atoms with van der Waals surface area (Å²) in [7, 11) is 2.15. The third-order valence-corrected chi connectivity index (χ3v) is 8.76. The molecule has 0 spiro atoms. The van der Waals surface area contributed by atoms with Crippen LogP contribution in [0.3, 0.4) is 0 Å². The fraction of sp³-hybridized carbons (Fsp3) is 0.0952. The van der Waals surface area contributed by atoms with Crippen LogP contribution >= 0.6 is 0 Å². The van der Waals surface area contributed by atoms with Gasteiger partial charge in [-0.2, -0.15) is 0 Å². The predicted molar refractivity (Wildman–Crippen MR) is 189 cm³/mol. The first-order chi connectivity index (χ1) is 21.7. The van der Waals surface area contributed by atoms with Gasteiger partial charge in [0.2, 0.25) is 0 Å². The summed E-state index contributed by atoms with van der Waals surface area (Å²) in [4.78, 5) is 4.74. The standard InChI is InChI=1S/C42H36N2/c1-31-30-36(34-20-25-37(26-21-34)43(2)42-19-11-15-35-14-9-10-18-40(35)42)24-29-41(31)44(38-16-7-4-8-17-38)39-27-22-33(23-28-39)32-12-5-3-6-13-32/h3-31,41H,1-2H3. The second-order valence-electron chi connectivity index (χ2n) is 11.6. The molecule has 0 aromatic heterocycles. The van der Waals surface area contributed by atoms with E-state index < -0.39 is 0 Å². The number of rotatable bonds is 7. The van der Waals surface area contributed by atoms with Gasteiger partial charge in [0.05, 0.1) is 6.04 Å². The first kappa shape index (κ1) is 27.5. The number of para-hydroxylation sites is 1. The molecule has 1 aliphatic carbocycles. The summed E-state index contributed by atoms with van der Waals surface area (Å²) < 4.78 is 0. The van der Waals surface area contributed by atoms with Crippen LogP contribution in [0.15, 0.2) is 170 Å². The molecule has 2 nitrogen and oxygen atoms in total. The van der Waals surface area contributed by atoms with Crippen LogP contribution in [-0.2, 0) is 0 Å². The van der Waals surface area contributed by atoms with E-state index in [0.29, 0.717) is 5.92 Å². The number of allylic oxidation sites excluding steroid dienone is 2. The Morgan fingerprint density at radius 1 is 0.500 bits per heavy atom. The average Bonchev–Trinajstić information content (AvgIpc) is 3.10. The highest BCUT2D eigenvalue weighted by atomic mass is 15.2. The van der Waals surface area contributed by atoms with Crippen LogP contribution < -0.4 is 9.80 Å². The SMILES string of the molecule is CC1C=C(c2ccc(N(C)c3cccc4ccccc34)cc2)C=CC1N(c1ccccc1)c1ccc(-c2ccccc2)cc1. The lowest BCUT2D eigenvalue weighted by atomic mass is 9.88. The van der Waals surface area contributed by atoms with Crippen molar-refractivity contribution in [2.75, 3.05) is 16.8 Å². The van der Waals surface area contributed by atoms with Crippen molar-refractivity contribution < 1.29 is 0 Å². The molecule has 6 aromatic carbocycles. The van der Waals surface area contributed by atoms with E-state index in [1.54, 1.807) is 0 Å². The third kappa shape index (κ3) is 5.43. The van der Waals surface area contributed by atoms with Crippen molar-refractivity contribution in [1.82, 2.24) is 0 Å². The van der Waals surface area contributed by atoms with Crippen molar-refractivity contribution in [3.05, 3.63) is 175 Å². The van der Waals surface area contributed by atoms with Gasteiger partial charge in [-0.05, 0) is 76.0 Å². The zero-order valence-corrected chi connectivity index (χ0v) is 25.2. The minimum atomic E-state index is 0.195. The summed E-state index contributed by atoms with van der Waals surface area (Å²) in [6.45, 7) is 2.32. The highest BCUT2D eigenvalue weighted by Crippen LogP contribution is 2.37. The van der Waals surface area contributed by atoms with Crippen LogP contribution in [0.5, 0.6) is 0 Å². The molecule has 0 N–H and O–H groups in total. The maximum atomic E-state index is 2.46. The highest BCUT2D eigenvalue weighted by molar-refractivity contribution is 5.96. The molecule has 2 heteroatoms. The molecule has 0 saturated heterocycles. The van der Waals surface area contributed by atoms with Crippen LogP contribution in [0, 0.1) is 5.92 Å². The predicted octanol–water partition coefficient (Wildman–Crippen LogP) is 11.1. The molecule has 1 aliphatic rings. The van der Waals surface area contributed by atoms with Crippen molar-refractivity contribution in [3.63, 3.8) is 0 Å². The molecule has 0 aliphatic heterocycles. The summed E-state index contributed by atoms with van der Waals surface area (Å²) in [5.41, 5.74) is 9.73. The second kappa shape index (κ2) is 12.1. The maximum Gasteiger partial charge on any atom is 0.0585 e. The molecule has 214 valence electrons. The Labute approximate surface area is 260 Å². The molecule has 2 atom stereocenters. The average molecular weight is 569 g/mol. The van der Waals surface area contributed by atoms with E-state index in [4.69, 9.17) is 0 Å². The number of hydrogen-bond donors (Lipinski definition) is 0. The van der Waals surface area contributed by atoms with Gasteiger partial charge in [0.15, 0.2) is 0 Å². The highest BCUT2D eigenvalue weighted by Gasteiger charge is 2.26. The lowest BCUT2D eigenvalue weighted by Gasteiger charge is -2.37. The van der Waals surface area contributed by atoms with Crippen LogP contribution in [0.2, 0.25) is 0 Å². The molecule has 0 heterocycles. The Morgan fingerprint density at radius 3 is 1.80 bits per heavy atom. The second-order valence-corrected chi connectivity index (χ2v) is 11.6. The fourth-order valence-electron chi connectivity index (χ4n) is 6.37. The summed E-state index contributed by atoms with van der Waals surface area (Å²) >= 11 is 0. The molecule has 0 amide bonds. The van der Waals surface area contributed by atoms with Gasteiger partial charge in [0.1, 0.15) is 0 Å². The van der Waals surface area contributed by atoms with E-state index in [0.717, 1.165) is 0 Å². The molecule has 0 bridgehead atoms. The van der Waals surface area contributed by atoms with E-state index in [1.165, 1.54) is 55.8 Å². The van der Waals surface area contributed by atoms with Crippen LogP contribution in [0.1, 0.15) is 12.5 Å². The van der Waals surface area contributed by atoms with Gasteiger partial charge < -0.3 is 9.80 Å². The van der Waals surface area contributed by atoms with Gasteiger partial charge in [0.25, 0.3) is 0 Å². The van der Waals surface area contributed by atoms with Crippen molar-refractivity contribution in [2.45, 2.75) is 13.0 Å². The minimum Gasteiger partial charge on any atom is -0.344 e. The monoisotopic (exact) mass is 568 g/mol. The Morgan fingerprint density at radius 2 is 1.07 bits per heavy atom. The van der Waals surface area contributed by atoms with E-state index in [9.17, 15) is 0 Å². The largest absolute Gasteiger partial charge is 0.344 e. The molecule has 0 saturated carbocycles. The molecular weight excluding hydrogens is 532 g/mol. The molecule has 7 rings (SSSR count). The Balaban J connectivity index is 1.14.